The third kappa shape index (κ3) is 3.23. The van der Waals surface area contributed by atoms with Crippen molar-refractivity contribution in [2.24, 2.45) is 5.92 Å². The number of hydrogen-bond donors (Lipinski definition) is 0. The average molecular weight is 264 g/mol. The monoisotopic (exact) mass is 264 g/mol. The molecule has 1 atom stereocenters. The molecule has 2 heteroatoms. The molecule has 0 fully saturated rings. The molecular formula is C16H24OS. The smallest absolute Gasteiger partial charge is 0.173 e. The first-order chi connectivity index (χ1) is 8.74. The van der Waals surface area contributed by atoms with E-state index in [9.17, 15) is 4.79 Å². The van der Waals surface area contributed by atoms with Crippen LogP contribution in [-0.2, 0) is 12.8 Å². The lowest BCUT2D eigenvalue weighted by atomic mass is 9.93. The predicted molar refractivity (Wildman–Crippen MR) is 78.6 cm³/mol. The second kappa shape index (κ2) is 6.51. The van der Waals surface area contributed by atoms with Crippen molar-refractivity contribution in [1.82, 2.24) is 0 Å². The quantitative estimate of drug-likeness (QED) is 0.631. The molecule has 0 N–H and O–H groups in total. The molecule has 1 nitrogen and oxygen atoms in total. The van der Waals surface area contributed by atoms with Gasteiger partial charge in [0.1, 0.15) is 0 Å². The van der Waals surface area contributed by atoms with E-state index in [0.29, 0.717) is 11.7 Å². The molecular weight excluding hydrogens is 240 g/mol. The number of aryl methyl sites for hydroxylation is 2. The minimum absolute atomic E-state index is 0.386. The lowest BCUT2D eigenvalue weighted by Gasteiger charge is -2.12. The molecule has 1 aromatic heterocycles. The van der Waals surface area contributed by atoms with Crippen LogP contribution in [-0.4, -0.2) is 5.78 Å². The van der Waals surface area contributed by atoms with Crippen molar-refractivity contribution in [3.05, 3.63) is 21.4 Å². The number of rotatable bonds is 7. The number of thiophene rings is 1. The first-order valence-corrected chi connectivity index (χ1v) is 8.21. The maximum Gasteiger partial charge on any atom is 0.173 e. The SMILES string of the molecule is CCCCC(CC)CC(=O)c1cc2c(s1)CCC2. The van der Waals surface area contributed by atoms with Crippen molar-refractivity contribution in [1.29, 1.82) is 0 Å². The molecule has 0 saturated carbocycles. The maximum atomic E-state index is 12.3. The highest BCUT2D eigenvalue weighted by atomic mass is 32.1. The third-order valence-corrected chi connectivity index (χ3v) is 5.32. The second-order valence-electron chi connectivity index (χ2n) is 5.46. The first-order valence-electron chi connectivity index (χ1n) is 7.39. The van der Waals surface area contributed by atoms with Crippen LogP contribution < -0.4 is 0 Å². The Morgan fingerprint density at radius 1 is 1.39 bits per heavy atom. The van der Waals surface area contributed by atoms with Crippen LogP contribution in [0.25, 0.3) is 0 Å². The number of unbranched alkanes of at least 4 members (excludes halogenated alkanes) is 1. The molecule has 18 heavy (non-hydrogen) atoms. The Labute approximate surface area is 115 Å². The van der Waals surface area contributed by atoms with Gasteiger partial charge < -0.3 is 0 Å². The first kappa shape index (κ1) is 13.8. The summed E-state index contributed by atoms with van der Waals surface area (Å²) in [4.78, 5) is 14.8. The second-order valence-corrected chi connectivity index (χ2v) is 6.59. The lowest BCUT2D eigenvalue weighted by Crippen LogP contribution is -2.07. The number of ketones is 1. The molecule has 0 radical (unpaired) electrons. The van der Waals surface area contributed by atoms with Gasteiger partial charge in [-0.1, -0.05) is 39.5 Å². The van der Waals surface area contributed by atoms with E-state index in [1.54, 1.807) is 11.3 Å². The molecule has 1 unspecified atom stereocenters. The van der Waals surface area contributed by atoms with Crippen molar-refractivity contribution >= 4 is 17.1 Å². The summed E-state index contributed by atoms with van der Waals surface area (Å²) in [5.41, 5.74) is 1.45. The van der Waals surface area contributed by atoms with Gasteiger partial charge in [0, 0.05) is 11.3 Å². The van der Waals surface area contributed by atoms with E-state index in [0.717, 1.165) is 17.7 Å². The zero-order chi connectivity index (χ0) is 13.0. The maximum absolute atomic E-state index is 12.3. The molecule has 0 bridgehead atoms. The van der Waals surface area contributed by atoms with Crippen LogP contribution in [0.4, 0.5) is 0 Å². The predicted octanol–water partition coefficient (Wildman–Crippen LogP) is 5.03. The van der Waals surface area contributed by atoms with Gasteiger partial charge in [-0.3, -0.25) is 4.79 Å². The van der Waals surface area contributed by atoms with E-state index in [4.69, 9.17) is 0 Å². The Kier molecular flexibility index (Phi) is 4.99. The fraction of sp³-hybridized carbons (Fsp3) is 0.688. The van der Waals surface area contributed by atoms with Gasteiger partial charge in [-0.15, -0.1) is 11.3 Å². The number of fused-ring (bicyclic) bond motifs is 1. The molecule has 1 heterocycles. The normalized spacial score (nSPS) is 15.7. The van der Waals surface area contributed by atoms with Gasteiger partial charge in [-0.2, -0.15) is 0 Å². The summed E-state index contributed by atoms with van der Waals surface area (Å²) in [6.45, 7) is 4.43. The molecule has 1 aromatic rings. The standard InChI is InChI=1S/C16H24OS/c1-3-5-7-12(4-2)10-14(17)16-11-13-8-6-9-15(13)18-16/h11-12H,3-10H2,1-2H3. The topological polar surface area (TPSA) is 17.1 Å². The Morgan fingerprint density at radius 2 is 2.22 bits per heavy atom. The van der Waals surface area contributed by atoms with E-state index in [1.165, 1.54) is 49.0 Å². The molecule has 0 aromatic carbocycles. The summed E-state index contributed by atoms with van der Waals surface area (Å²) >= 11 is 1.76. The van der Waals surface area contributed by atoms with Crippen LogP contribution >= 0.6 is 11.3 Å². The molecule has 100 valence electrons. The van der Waals surface area contributed by atoms with Crippen molar-refractivity contribution in [2.75, 3.05) is 0 Å². The van der Waals surface area contributed by atoms with E-state index in [1.807, 2.05) is 0 Å². The Morgan fingerprint density at radius 3 is 2.89 bits per heavy atom. The minimum atomic E-state index is 0.386. The van der Waals surface area contributed by atoms with Crippen LogP contribution in [0, 0.1) is 5.92 Å². The number of carbonyl (C=O) groups excluding carboxylic acids is 1. The summed E-state index contributed by atoms with van der Waals surface area (Å²) in [6, 6.07) is 2.17. The van der Waals surface area contributed by atoms with Crippen LogP contribution in [0.15, 0.2) is 6.07 Å². The molecule has 0 spiro atoms. The summed E-state index contributed by atoms with van der Waals surface area (Å²) in [5.74, 6) is 0.978. The zero-order valence-electron chi connectivity index (χ0n) is 11.6. The molecule has 0 saturated heterocycles. The van der Waals surface area contributed by atoms with E-state index in [-0.39, 0.29) is 0 Å². The largest absolute Gasteiger partial charge is 0.293 e. The number of Topliss-reactive ketones (excluding diaryl/α,β-unsaturated/α-hetero) is 1. The van der Waals surface area contributed by atoms with E-state index >= 15 is 0 Å². The summed E-state index contributed by atoms with van der Waals surface area (Å²) in [7, 11) is 0. The van der Waals surface area contributed by atoms with Crippen molar-refractivity contribution in [2.45, 2.75) is 65.2 Å². The van der Waals surface area contributed by atoms with Gasteiger partial charge in [0.15, 0.2) is 5.78 Å². The number of hydrogen-bond acceptors (Lipinski definition) is 2. The molecule has 2 rings (SSSR count). The third-order valence-electron chi connectivity index (χ3n) is 4.04. The van der Waals surface area contributed by atoms with Gasteiger partial charge in [0.2, 0.25) is 0 Å². The highest BCUT2D eigenvalue weighted by Crippen LogP contribution is 2.32. The van der Waals surface area contributed by atoms with Gasteiger partial charge in [0.25, 0.3) is 0 Å². The fourth-order valence-corrected chi connectivity index (χ4v) is 3.97. The molecule has 1 aliphatic carbocycles. The van der Waals surface area contributed by atoms with Crippen molar-refractivity contribution < 1.29 is 4.79 Å². The summed E-state index contributed by atoms with van der Waals surface area (Å²) in [6.07, 6.45) is 9.26. The van der Waals surface area contributed by atoms with Gasteiger partial charge in [0.05, 0.1) is 4.88 Å². The highest BCUT2D eigenvalue weighted by Gasteiger charge is 2.20. The van der Waals surface area contributed by atoms with Gasteiger partial charge in [-0.25, -0.2) is 0 Å². The average Bonchev–Trinajstić information content (AvgIpc) is 2.94. The minimum Gasteiger partial charge on any atom is -0.293 e. The van der Waals surface area contributed by atoms with Gasteiger partial charge in [-0.05, 0) is 36.8 Å². The van der Waals surface area contributed by atoms with E-state index in [2.05, 4.69) is 19.9 Å². The van der Waals surface area contributed by atoms with Crippen LogP contribution in [0.2, 0.25) is 0 Å². The lowest BCUT2D eigenvalue weighted by molar-refractivity contribution is 0.0961. The Bertz CT molecular complexity index is 384. The molecule has 0 aliphatic heterocycles. The van der Waals surface area contributed by atoms with E-state index < -0.39 is 0 Å². The summed E-state index contributed by atoms with van der Waals surface area (Å²) in [5, 5.41) is 0. The Hall–Kier alpha value is -0.630. The zero-order valence-corrected chi connectivity index (χ0v) is 12.4. The van der Waals surface area contributed by atoms with Crippen molar-refractivity contribution in [3.8, 4) is 0 Å². The Balaban J connectivity index is 1.93. The van der Waals surface area contributed by atoms with Crippen LogP contribution in [0.5, 0.6) is 0 Å². The summed E-state index contributed by atoms with van der Waals surface area (Å²) < 4.78 is 0. The van der Waals surface area contributed by atoms with Crippen LogP contribution in [0.1, 0.15) is 72.5 Å². The molecule has 0 amide bonds. The molecule has 1 aliphatic rings. The number of carbonyl (C=O) groups is 1. The highest BCUT2D eigenvalue weighted by molar-refractivity contribution is 7.14. The van der Waals surface area contributed by atoms with Gasteiger partial charge >= 0.3 is 0 Å². The van der Waals surface area contributed by atoms with Crippen molar-refractivity contribution in [3.63, 3.8) is 0 Å². The van der Waals surface area contributed by atoms with Crippen LogP contribution in [0.3, 0.4) is 0 Å². The fourth-order valence-electron chi connectivity index (χ4n) is 2.77.